The average molecular weight is 154 g/mol. The Morgan fingerprint density at radius 3 is 2.27 bits per heavy atom. The van der Waals surface area contributed by atoms with E-state index in [-0.39, 0.29) is 0 Å². The van der Waals surface area contributed by atoms with Gasteiger partial charge in [0, 0.05) is 0 Å². The Morgan fingerprint density at radius 1 is 1.00 bits per heavy atom. The molecule has 0 aromatic carbocycles. The number of hydrogen-bond acceptors (Lipinski definition) is 2. The second kappa shape index (κ2) is 3.11. The van der Waals surface area contributed by atoms with Crippen LogP contribution in [0.25, 0.3) is 0 Å². The van der Waals surface area contributed by atoms with E-state index < -0.39 is 0 Å². The molecule has 0 aromatic rings. The molecule has 0 N–H and O–H groups in total. The van der Waals surface area contributed by atoms with Gasteiger partial charge in [0.25, 0.3) is 0 Å². The zero-order valence-electron chi connectivity index (χ0n) is 7.42. The van der Waals surface area contributed by atoms with Gasteiger partial charge in [-0.05, 0) is 52.4 Å². The first-order chi connectivity index (χ1) is 5.38. The molecule has 2 heteroatoms. The molecule has 0 unspecified atom stereocenters. The fourth-order valence-corrected chi connectivity index (χ4v) is 2.39. The Bertz CT molecular complexity index is 130. The first-order valence-corrected chi connectivity index (χ1v) is 4.82. The van der Waals surface area contributed by atoms with Crippen molar-refractivity contribution in [2.75, 3.05) is 26.7 Å². The van der Waals surface area contributed by atoms with E-state index in [0.717, 1.165) is 6.17 Å². The number of hydrogen-bond donors (Lipinski definition) is 0. The van der Waals surface area contributed by atoms with Gasteiger partial charge in [0.2, 0.25) is 0 Å². The summed E-state index contributed by atoms with van der Waals surface area (Å²) in [4.78, 5) is 5.15. The van der Waals surface area contributed by atoms with Crippen molar-refractivity contribution >= 4 is 0 Å². The van der Waals surface area contributed by atoms with Crippen molar-refractivity contribution in [1.29, 1.82) is 0 Å². The Morgan fingerprint density at radius 2 is 1.73 bits per heavy atom. The predicted molar refractivity (Wildman–Crippen MR) is 46.5 cm³/mol. The summed E-state index contributed by atoms with van der Waals surface area (Å²) in [7, 11) is 2.26. The molecule has 0 saturated carbocycles. The molecule has 0 radical (unpaired) electrons. The van der Waals surface area contributed by atoms with Crippen molar-refractivity contribution in [3.63, 3.8) is 0 Å². The monoisotopic (exact) mass is 154 g/mol. The molecule has 2 rings (SSSR count). The van der Waals surface area contributed by atoms with Gasteiger partial charge in [-0.3, -0.25) is 9.80 Å². The molecule has 2 saturated heterocycles. The van der Waals surface area contributed by atoms with Crippen molar-refractivity contribution in [2.24, 2.45) is 0 Å². The molecule has 2 heterocycles. The number of likely N-dealkylation sites (tertiary alicyclic amines) is 2. The van der Waals surface area contributed by atoms with Gasteiger partial charge in [0.15, 0.2) is 0 Å². The summed E-state index contributed by atoms with van der Waals surface area (Å²) >= 11 is 0. The predicted octanol–water partition coefficient (Wildman–Crippen LogP) is 1.13. The van der Waals surface area contributed by atoms with Gasteiger partial charge in [0.05, 0.1) is 6.17 Å². The van der Waals surface area contributed by atoms with Crippen LogP contribution in [-0.4, -0.2) is 42.6 Å². The Kier molecular flexibility index (Phi) is 2.14. The summed E-state index contributed by atoms with van der Waals surface area (Å²) in [6.45, 7) is 3.99. The smallest absolute Gasteiger partial charge is 0.0620 e. The molecule has 1 atom stereocenters. The lowest BCUT2D eigenvalue weighted by atomic mass is 10.3. The number of nitrogens with zero attached hydrogens (tertiary/aromatic N) is 2. The van der Waals surface area contributed by atoms with Crippen LogP contribution in [0.5, 0.6) is 0 Å². The third-order valence-corrected chi connectivity index (χ3v) is 3.04. The molecular formula is C9H18N2. The Balaban J connectivity index is 1.92. The van der Waals surface area contributed by atoms with Gasteiger partial charge in [0.1, 0.15) is 0 Å². The second-order valence-corrected chi connectivity index (χ2v) is 3.85. The van der Waals surface area contributed by atoms with E-state index in [1.54, 1.807) is 0 Å². The van der Waals surface area contributed by atoms with Crippen LogP contribution in [0.3, 0.4) is 0 Å². The van der Waals surface area contributed by atoms with E-state index in [9.17, 15) is 0 Å². The van der Waals surface area contributed by atoms with Crippen molar-refractivity contribution in [1.82, 2.24) is 9.80 Å². The van der Waals surface area contributed by atoms with Gasteiger partial charge in [-0.25, -0.2) is 0 Å². The van der Waals surface area contributed by atoms with Gasteiger partial charge in [-0.1, -0.05) is 0 Å². The SMILES string of the molecule is CN1CCC[C@@H]1N1CCCC1. The lowest BCUT2D eigenvalue weighted by Gasteiger charge is -2.29. The first-order valence-electron chi connectivity index (χ1n) is 4.82. The van der Waals surface area contributed by atoms with E-state index >= 15 is 0 Å². The van der Waals surface area contributed by atoms with Crippen LogP contribution < -0.4 is 0 Å². The summed E-state index contributed by atoms with van der Waals surface area (Å²) in [6, 6.07) is 0. The maximum Gasteiger partial charge on any atom is 0.0620 e. The maximum absolute atomic E-state index is 2.65. The molecular weight excluding hydrogens is 136 g/mol. The van der Waals surface area contributed by atoms with Crippen LogP contribution >= 0.6 is 0 Å². The summed E-state index contributed by atoms with van der Waals surface area (Å²) < 4.78 is 0. The van der Waals surface area contributed by atoms with Crippen molar-refractivity contribution in [3.8, 4) is 0 Å². The summed E-state index contributed by atoms with van der Waals surface area (Å²) in [5.74, 6) is 0. The highest BCUT2D eigenvalue weighted by Crippen LogP contribution is 2.22. The zero-order valence-corrected chi connectivity index (χ0v) is 7.42. The normalized spacial score (nSPS) is 35.2. The third-order valence-electron chi connectivity index (χ3n) is 3.04. The molecule has 0 amide bonds. The Labute approximate surface area is 69.2 Å². The number of rotatable bonds is 1. The van der Waals surface area contributed by atoms with E-state index in [2.05, 4.69) is 16.8 Å². The van der Waals surface area contributed by atoms with E-state index in [1.807, 2.05) is 0 Å². The second-order valence-electron chi connectivity index (χ2n) is 3.85. The van der Waals surface area contributed by atoms with Crippen molar-refractivity contribution < 1.29 is 0 Å². The Hall–Kier alpha value is -0.0800. The van der Waals surface area contributed by atoms with Crippen LogP contribution in [-0.2, 0) is 0 Å². The van der Waals surface area contributed by atoms with E-state index in [4.69, 9.17) is 0 Å². The minimum absolute atomic E-state index is 0.789. The summed E-state index contributed by atoms with van der Waals surface area (Å²) in [6.07, 6.45) is 6.43. The van der Waals surface area contributed by atoms with Gasteiger partial charge >= 0.3 is 0 Å². The highest BCUT2D eigenvalue weighted by Gasteiger charge is 2.28. The maximum atomic E-state index is 2.65. The molecule has 11 heavy (non-hydrogen) atoms. The van der Waals surface area contributed by atoms with Crippen LogP contribution in [0.1, 0.15) is 25.7 Å². The lowest BCUT2D eigenvalue weighted by molar-refractivity contribution is 0.119. The summed E-state index contributed by atoms with van der Waals surface area (Å²) in [5.41, 5.74) is 0. The molecule has 64 valence electrons. The molecule has 2 nitrogen and oxygen atoms in total. The van der Waals surface area contributed by atoms with Crippen molar-refractivity contribution in [2.45, 2.75) is 31.8 Å². The van der Waals surface area contributed by atoms with E-state index in [1.165, 1.54) is 45.3 Å². The average Bonchev–Trinajstić information content (AvgIpc) is 2.55. The fourth-order valence-electron chi connectivity index (χ4n) is 2.39. The minimum Gasteiger partial charge on any atom is -0.291 e. The quantitative estimate of drug-likeness (QED) is 0.558. The largest absolute Gasteiger partial charge is 0.291 e. The molecule has 2 aliphatic rings. The molecule has 2 aliphatic heterocycles. The summed E-state index contributed by atoms with van der Waals surface area (Å²) in [5, 5.41) is 0. The fraction of sp³-hybridized carbons (Fsp3) is 1.00. The third kappa shape index (κ3) is 1.42. The molecule has 2 fully saturated rings. The first kappa shape index (κ1) is 7.56. The van der Waals surface area contributed by atoms with Gasteiger partial charge in [-0.15, -0.1) is 0 Å². The minimum atomic E-state index is 0.789. The molecule has 0 spiro atoms. The van der Waals surface area contributed by atoms with Crippen LogP contribution in [0.2, 0.25) is 0 Å². The van der Waals surface area contributed by atoms with Crippen LogP contribution in [0, 0.1) is 0 Å². The highest BCUT2D eigenvalue weighted by molar-refractivity contribution is 4.80. The zero-order chi connectivity index (χ0) is 7.68. The molecule has 0 bridgehead atoms. The van der Waals surface area contributed by atoms with Crippen molar-refractivity contribution in [3.05, 3.63) is 0 Å². The van der Waals surface area contributed by atoms with Crippen LogP contribution in [0.15, 0.2) is 0 Å². The molecule has 0 aromatic heterocycles. The van der Waals surface area contributed by atoms with Crippen LogP contribution in [0.4, 0.5) is 0 Å². The highest BCUT2D eigenvalue weighted by atomic mass is 15.4. The lowest BCUT2D eigenvalue weighted by Crippen LogP contribution is -2.40. The van der Waals surface area contributed by atoms with Gasteiger partial charge < -0.3 is 0 Å². The molecule has 0 aliphatic carbocycles. The van der Waals surface area contributed by atoms with Gasteiger partial charge in [-0.2, -0.15) is 0 Å². The van der Waals surface area contributed by atoms with E-state index in [0.29, 0.717) is 0 Å². The standard InChI is InChI=1S/C9H18N2/c1-10-6-4-5-9(10)11-7-2-3-8-11/h9H,2-8H2,1H3/t9-/m0/s1. The topological polar surface area (TPSA) is 6.48 Å².